The van der Waals surface area contributed by atoms with Gasteiger partial charge in [-0.25, -0.2) is 9.97 Å². The third-order valence-electron chi connectivity index (χ3n) is 3.86. The average Bonchev–Trinajstić information content (AvgIpc) is 2.47. The summed E-state index contributed by atoms with van der Waals surface area (Å²) in [4.78, 5) is 12.0. The van der Waals surface area contributed by atoms with E-state index >= 15 is 0 Å². The van der Waals surface area contributed by atoms with Gasteiger partial charge in [-0.05, 0) is 0 Å². The van der Waals surface area contributed by atoms with Crippen molar-refractivity contribution in [2.24, 2.45) is 0 Å². The maximum absolute atomic E-state index is 4.86. The monoisotopic (exact) mass is 261 g/mol. The van der Waals surface area contributed by atoms with E-state index in [2.05, 4.69) is 29.4 Å². The van der Waals surface area contributed by atoms with Crippen LogP contribution >= 0.6 is 0 Å². The first-order chi connectivity index (χ1) is 9.25. The van der Waals surface area contributed by atoms with Crippen molar-refractivity contribution in [1.82, 2.24) is 20.6 Å². The van der Waals surface area contributed by atoms with Crippen molar-refractivity contribution >= 4 is 5.82 Å². The fourth-order valence-electron chi connectivity index (χ4n) is 2.74. The molecule has 1 fully saturated rings. The van der Waals surface area contributed by atoms with E-state index in [4.69, 9.17) is 9.97 Å². The van der Waals surface area contributed by atoms with Crippen molar-refractivity contribution in [2.45, 2.75) is 32.7 Å². The van der Waals surface area contributed by atoms with E-state index in [0.717, 1.165) is 51.5 Å². The SMILES string of the molecule is CC(C)c1nc2c(c(N3CCNCC3)n1)CNCC2. The number of hydrogen-bond donors (Lipinski definition) is 2. The van der Waals surface area contributed by atoms with Gasteiger partial charge in [0, 0.05) is 57.2 Å². The number of rotatable bonds is 2. The fraction of sp³-hybridized carbons (Fsp3) is 0.714. The minimum atomic E-state index is 0.391. The van der Waals surface area contributed by atoms with Crippen LogP contribution in [-0.4, -0.2) is 42.7 Å². The lowest BCUT2D eigenvalue weighted by atomic mass is 10.1. The molecule has 0 saturated carbocycles. The highest BCUT2D eigenvalue weighted by atomic mass is 15.2. The lowest BCUT2D eigenvalue weighted by Crippen LogP contribution is -2.45. The molecule has 19 heavy (non-hydrogen) atoms. The van der Waals surface area contributed by atoms with Crippen molar-refractivity contribution in [3.05, 3.63) is 17.1 Å². The van der Waals surface area contributed by atoms with E-state index in [0.29, 0.717) is 5.92 Å². The number of nitrogens with one attached hydrogen (secondary N) is 2. The van der Waals surface area contributed by atoms with Crippen molar-refractivity contribution < 1.29 is 0 Å². The van der Waals surface area contributed by atoms with Crippen LogP contribution < -0.4 is 15.5 Å². The quantitative estimate of drug-likeness (QED) is 0.819. The average molecular weight is 261 g/mol. The minimum absolute atomic E-state index is 0.391. The Morgan fingerprint density at radius 1 is 1.05 bits per heavy atom. The maximum atomic E-state index is 4.86. The lowest BCUT2D eigenvalue weighted by molar-refractivity contribution is 0.566. The van der Waals surface area contributed by atoms with E-state index < -0.39 is 0 Å². The molecule has 5 heteroatoms. The minimum Gasteiger partial charge on any atom is -0.354 e. The predicted octanol–water partition coefficient (Wildman–Crippen LogP) is 0.655. The summed E-state index contributed by atoms with van der Waals surface area (Å²) in [5.74, 6) is 2.55. The Morgan fingerprint density at radius 3 is 2.58 bits per heavy atom. The van der Waals surface area contributed by atoms with Gasteiger partial charge in [0.25, 0.3) is 0 Å². The second-order valence-electron chi connectivity index (χ2n) is 5.65. The molecule has 1 aromatic rings. The summed E-state index contributed by atoms with van der Waals surface area (Å²) in [6, 6.07) is 0. The van der Waals surface area contributed by atoms with Crippen molar-refractivity contribution in [2.75, 3.05) is 37.6 Å². The van der Waals surface area contributed by atoms with Gasteiger partial charge in [-0.1, -0.05) is 13.8 Å². The first-order valence-corrected chi connectivity index (χ1v) is 7.32. The van der Waals surface area contributed by atoms with Crippen molar-refractivity contribution in [1.29, 1.82) is 0 Å². The summed E-state index contributed by atoms with van der Waals surface area (Å²) in [5, 5.41) is 6.85. The van der Waals surface area contributed by atoms with E-state index in [-0.39, 0.29) is 0 Å². The highest BCUT2D eigenvalue weighted by Crippen LogP contribution is 2.26. The third kappa shape index (κ3) is 2.58. The number of fused-ring (bicyclic) bond motifs is 1. The normalized spacial score (nSPS) is 19.6. The molecule has 0 amide bonds. The van der Waals surface area contributed by atoms with Crippen molar-refractivity contribution in [3.8, 4) is 0 Å². The standard InChI is InChI=1S/C14H23N5/c1-10(2)13-17-12-3-4-16-9-11(12)14(18-13)19-7-5-15-6-8-19/h10,15-16H,3-9H2,1-2H3. The molecule has 1 aromatic heterocycles. The smallest absolute Gasteiger partial charge is 0.137 e. The molecule has 2 aliphatic rings. The van der Waals surface area contributed by atoms with Crippen molar-refractivity contribution in [3.63, 3.8) is 0 Å². The maximum Gasteiger partial charge on any atom is 0.137 e. The molecule has 5 nitrogen and oxygen atoms in total. The Balaban J connectivity index is 2.01. The van der Waals surface area contributed by atoms with Crippen LogP contribution in [0.5, 0.6) is 0 Å². The Bertz CT molecular complexity index is 451. The van der Waals surface area contributed by atoms with Crippen LogP contribution in [0.4, 0.5) is 5.82 Å². The van der Waals surface area contributed by atoms with Gasteiger partial charge in [0.1, 0.15) is 11.6 Å². The molecule has 2 aliphatic heterocycles. The molecule has 1 saturated heterocycles. The molecule has 2 N–H and O–H groups in total. The number of nitrogens with zero attached hydrogens (tertiary/aromatic N) is 3. The van der Waals surface area contributed by atoms with Gasteiger partial charge < -0.3 is 15.5 Å². The molecule has 0 unspecified atom stereocenters. The number of aromatic nitrogens is 2. The van der Waals surface area contributed by atoms with Gasteiger partial charge in [-0.3, -0.25) is 0 Å². The predicted molar refractivity (Wildman–Crippen MR) is 76.6 cm³/mol. The Labute approximate surface area is 114 Å². The van der Waals surface area contributed by atoms with Gasteiger partial charge in [0.2, 0.25) is 0 Å². The van der Waals surface area contributed by atoms with Gasteiger partial charge >= 0.3 is 0 Å². The van der Waals surface area contributed by atoms with Gasteiger partial charge in [0.05, 0.1) is 5.69 Å². The van der Waals surface area contributed by atoms with E-state index in [1.165, 1.54) is 17.1 Å². The molecule has 0 spiro atoms. The molecule has 0 bridgehead atoms. The zero-order valence-electron chi connectivity index (χ0n) is 11.9. The van der Waals surface area contributed by atoms with Crippen LogP contribution in [-0.2, 0) is 13.0 Å². The van der Waals surface area contributed by atoms with Gasteiger partial charge in [0.15, 0.2) is 0 Å². The third-order valence-corrected chi connectivity index (χ3v) is 3.86. The topological polar surface area (TPSA) is 53.1 Å². The first-order valence-electron chi connectivity index (χ1n) is 7.32. The fourth-order valence-corrected chi connectivity index (χ4v) is 2.74. The molecular weight excluding hydrogens is 238 g/mol. The highest BCUT2D eigenvalue weighted by Gasteiger charge is 2.23. The first kappa shape index (κ1) is 12.8. The highest BCUT2D eigenvalue weighted by molar-refractivity contribution is 5.51. The Morgan fingerprint density at radius 2 is 1.84 bits per heavy atom. The van der Waals surface area contributed by atoms with Crippen LogP contribution in [0.3, 0.4) is 0 Å². The summed E-state index contributed by atoms with van der Waals surface area (Å²) in [6.45, 7) is 10.5. The zero-order valence-corrected chi connectivity index (χ0v) is 11.9. The largest absolute Gasteiger partial charge is 0.354 e. The van der Waals surface area contributed by atoms with Crippen LogP contribution in [0, 0.1) is 0 Å². The summed E-state index contributed by atoms with van der Waals surface area (Å²) < 4.78 is 0. The second kappa shape index (κ2) is 5.43. The summed E-state index contributed by atoms with van der Waals surface area (Å²) in [5.41, 5.74) is 2.57. The number of piperazine rings is 1. The lowest BCUT2D eigenvalue weighted by Gasteiger charge is -2.32. The van der Waals surface area contributed by atoms with E-state index in [1.807, 2.05) is 0 Å². The summed E-state index contributed by atoms with van der Waals surface area (Å²) in [6.07, 6.45) is 1.02. The Hall–Kier alpha value is -1.20. The molecule has 104 valence electrons. The van der Waals surface area contributed by atoms with Crippen LogP contribution in [0.15, 0.2) is 0 Å². The number of hydrogen-bond acceptors (Lipinski definition) is 5. The summed E-state index contributed by atoms with van der Waals surface area (Å²) in [7, 11) is 0. The van der Waals surface area contributed by atoms with E-state index in [1.54, 1.807) is 0 Å². The van der Waals surface area contributed by atoms with Gasteiger partial charge in [-0.15, -0.1) is 0 Å². The van der Waals surface area contributed by atoms with Gasteiger partial charge in [-0.2, -0.15) is 0 Å². The molecule has 0 radical (unpaired) electrons. The number of anilines is 1. The van der Waals surface area contributed by atoms with Crippen LogP contribution in [0.25, 0.3) is 0 Å². The van der Waals surface area contributed by atoms with E-state index in [9.17, 15) is 0 Å². The second-order valence-corrected chi connectivity index (χ2v) is 5.65. The molecule has 0 aliphatic carbocycles. The molecule has 3 rings (SSSR count). The van der Waals surface area contributed by atoms with Crippen LogP contribution in [0.1, 0.15) is 36.8 Å². The molecule has 0 atom stereocenters. The Kier molecular flexibility index (Phi) is 3.66. The van der Waals surface area contributed by atoms with Crippen LogP contribution in [0.2, 0.25) is 0 Å². The molecule has 3 heterocycles. The molecule has 0 aromatic carbocycles. The molecular formula is C14H23N5. The zero-order chi connectivity index (χ0) is 13.2. The summed E-state index contributed by atoms with van der Waals surface area (Å²) >= 11 is 0.